The van der Waals surface area contributed by atoms with Crippen molar-refractivity contribution in [3.05, 3.63) is 41.2 Å². The maximum absolute atomic E-state index is 13.0. The van der Waals surface area contributed by atoms with Gasteiger partial charge in [0.15, 0.2) is 0 Å². The van der Waals surface area contributed by atoms with E-state index in [0.29, 0.717) is 19.4 Å². The van der Waals surface area contributed by atoms with Gasteiger partial charge in [0.05, 0.1) is 0 Å². The number of amides is 3. The molecule has 1 aromatic carbocycles. The van der Waals surface area contributed by atoms with Crippen LogP contribution in [0, 0.1) is 0 Å². The minimum absolute atomic E-state index is 0.0456. The zero-order chi connectivity index (χ0) is 23.1. The molecule has 3 amide bonds. The van der Waals surface area contributed by atoms with Crippen LogP contribution in [0.3, 0.4) is 0 Å². The van der Waals surface area contributed by atoms with Crippen molar-refractivity contribution in [1.29, 1.82) is 0 Å². The van der Waals surface area contributed by atoms with Gasteiger partial charge in [0.2, 0.25) is 34.9 Å². The Labute approximate surface area is 189 Å². The molecule has 170 valence electrons. The van der Waals surface area contributed by atoms with E-state index in [9.17, 15) is 14.4 Å². The van der Waals surface area contributed by atoms with Crippen LogP contribution < -0.4 is 27.0 Å². The van der Waals surface area contributed by atoms with Gasteiger partial charge >= 0.3 is 0 Å². The first kappa shape index (κ1) is 23.2. The lowest BCUT2D eigenvalue weighted by atomic mass is 10.0. The second-order valence-corrected chi connectivity index (χ2v) is 7.74. The van der Waals surface area contributed by atoms with Gasteiger partial charge in [-0.25, -0.2) is 0 Å². The van der Waals surface area contributed by atoms with Gasteiger partial charge in [-0.15, -0.1) is 0 Å². The number of fused-ring (bicyclic) bond motifs is 2. The number of carbonyl (C=O) groups excluding carboxylic acids is 3. The quantitative estimate of drug-likeness (QED) is 0.434. The minimum atomic E-state index is -0.920. The zero-order valence-corrected chi connectivity index (χ0v) is 18.2. The lowest BCUT2D eigenvalue weighted by molar-refractivity contribution is -0.131. The van der Waals surface area contributed by atoms with Crippen LogP contribution in [0.1, 0.15) is 25.3 Å². The highest BCUT2D eigenvalue weighted by atomic mass is 35.5. The Morgan fingerprint density at radius 3 is 2.50 bits per heavy atom. The van der Waals surface area contributed by atoms with Gasteiger partial charge in [0, 0.05) is 13.0 Å². The number of nitrogens with zero attached hydrogens (tertiary/aromatic N) is 3. The van der Waals surface area contributed by atoms with Crippen molar-refractivity contribution in [3.8, 4) is 0 Å². The number of nitrogens with one attached hydrogen (secondary N) is 4. The number of carbonyl (C=O) groups is 3. The summed E-state index contributed by atoms with van der Waals surface area (Å²) in [5, 5.41) is 11.2. The molecule has 1 aromatic heterocycles. The van der Waals surface area contributed by atoms with Crippen LogP contribution in [0.25, 0.3) is 0 Å². The van der Waals surface area contributed by atoms with Crippen molar-refractivity contribution in [3.63, 3.8) is 0 Å². The number of hydrogen-bond acceptors (Lipinski definition) is 8. The van der Waals surface area contributed by atoms with E-state index in [1.807, 2.05) is 30.3 Å². The molecule has 11 nitrogen and oxygen atoms in total. The summed E-state index contributed by atoms with van der Waals surface area (Å²) in [5.74, 6) is -1.28. The highest BCUT2D eigenvalue weighted by Gasteiger charge is 2.28. The van der Waals surface area contributed by atoms with Crippen LogP contribution in [0.4, 0.5) is 11.9 Å². The van der Waals surface area contributed by atoms with E-state index in [4.69, 9.17) is 17.3 Å². The summed E-state index contributed by atoms with van der Waals surface area (Å²) in [6, 6.07) is 6.64. The standard InChI is InChI=1S/C20H25ClN8O3/c1-11-16(31)26-14(10-12-6-3-2-4-7-12)17(32)25-13(15(22)30)8-5-9-23-19-27-18(21)28-20(24-11)29-19/h2-4,6-7,11,13-14H,5,8-10H2,1H3,(H2,22,30)(H,25,32)(H,26,31)(H2,23,24,27,28,29)/t11-,13+,14-/m0/s1. The van der Waals surface area contributed by atoms with Crippen molar-refractivity contribution >= 4 is 41.2 Å². The van der Waals surface area contributed by atoms with E-state index in [-0.39, 0.29) is 23.6 Å². The molecule has 0 saturated carbocycles. The molecule has 0 radical (unpaired) electrons. The largest absolute Gasteiger partial charge is 0.368 e. The number of primary amides is 1. The fourth-order valence-electron chi connectivity index (χ4n) is 3.17. The number of aromatic nitrogens is 3. The summed E-state index contributed by atoms with van der Waals surface area (Å²) in [4.78, 5) is 49.9. The van der Waals surface area contributed by atoms with Crippen LogP contribution in [0.15, 0.2) is 30.3 Å². The predicted molar refractivity (Wildman–Crippen MR) is 119 cm³/mol. The summed E-state index contributed by atoms with van der Waals surface area (Å²) in [7, 11) is 0. The normalized spacial score (nSPS) is 22.2. The van der Waals surface area contributed by atoms with E-state index in [1.54, 1.807) is 6.92 Å². The molecule has 3 atom stereocenters. The topological polar surface area (TPSA) is 164 Å². The number of nitrogens with two attached hydrogens (primary N) is 1. The molecular weight excluding hydrogens is 436 g/mol. The van der Waals surface area contributed by atoms with E-state index < -0.39 is 35.8 Å². The first-order valence-corrected chi connectivity index (χ1v) is 10.6. The van der Waals surface area contributed by atoms with Crippen LogP contribution in [-0.4, -0.2) is 57.3 Å². The van der Waals surface area contributed by atoms with Crippen molar-refractivity contribution in [1.82, 2.24) is 25.6 Å². The van der Waals surface area contributed by atoms with E-state index in [0.717, 1.165) is 5.56 Å². The van der Waals surface area contributed by atoms with Gasteiger partial charge in [-0.2, -0.15) is 15.0 Å². The Morgan fingerprint density at radius 1 is 1.06 bits per heavy atom. The third-order valence-corrected chi connectivity index (χ3v) is 5.04. The molecule has 3 rings (SSSR count). The molecule has 0 spiro atoms. The van der Waals surface area contributed by atoms with Gasteiger partial charge in [-0.1, -0.05) is 30.3 Å². The number of anilines is 2. The zero-order valence-electron chi connectivity index (χ0n) is 17.5. The van der Waals surface area contributed by atoms with Crippen LogP contribution in [-0.2, 0) is 20.8 Å². The lowest BCUT2D eigenvalue weighted by Gasteiger charge is -2.23. The van der Waals surface area contributed by atoms with E-state index >= 15 is 0 Å². The number of rotatable bonds is 3. The second-order valence-electron chi connectivity index (χ2n) is 7.40. The molecule has 2 bridgehead atoms. The molecule has 6 N–H and O–H groups in total. The minimum Gasteiger partial charge on any atom is -0.368 e. The van der Waals surface area contributed by atoms with E-state index in [1.165, 1.54) is 0 Å². The van der Waals surface area contributed by atoms with Crippen molar-refractivity contribution in [2.75, 3.05) is 17.2 Å². The molecule has 12 heteroatoms. The van der Waals surface area contributed by atoms with Gasteiger partial charge < -0.3 is 27.0 Å². The van der Waals surface area contributed by atoms with Gasteiger partial charge in [0.25, 0.3) is 0 Å². The summed E-state index contributed by atoms with van der Waals surface area (Å²) >= 11 is 5.96. The third kappa shape index (κ3) is 6.51. The lowest BCUT2D eigenvalue weighted by Crippen LogP contribution is -2.55. The van der Waals surface area contributed by atoms with Crippen molar-refractivity contribution in [2.45, 2.75) is 44.3 Å². The molecule has 1 aliphatic rings. The summed E-state index contributed by atoms with van der Waals surface area (Å²) in [5.41, 5.74) is 6.33. The molecule has 0 saturated heterocycles. The monoisotopic (exact) mass is 460 g/mol. The fourth-order valence-corrected chi connectivity index (χ4v) is 3.33. The van der Waals surface area contributed by atoms with Gasteiger partial charge in [-0.3, -0.25) is 14.4 Å². The number of hydrogen-bond donors (Lipinski definition) is 5. The van der Waals surface area contributed by atoms with Crippen LogP contribution in [0.2, 0.25) is 5.28 Å². The molecule has 1 aliphatic heterocycles. The maximum atomic E-state index is 13.0. The average molecular weight is 461 g/mol. The molecular formula is C20H25ClN8O3. The third-order valence-electron chi connectivity index (χ3n) is 4.88. The first-order chi connectivity index (χ1) is 15.3. The smallest absolute Gasteiger partial charge is 0.243 e. The van der Waals surface area contributed by atoms with Crippen LogP contribution in [0.5, 0.6) is 0 Å². The van der Waals surface area contributed by atoms with Crippen LogP contribution >= 0.6 is 11.6 Å². The first-order valence-electron chi connectivity index (χ1n) is 10.2. The van der Waals surface area contributed by atoms with E-state index in [2.05, 4.69) is 36.2 Å². The Hall–Kier alpha value is -3.47. The second kappa shape index (κ2) is 10.7. The highest BCUT2D eigenvalue weighted by Crippen LogP contribution is 2.12. The molecule has 2 heterocycles. The Kier molecular flexibility index (Phi) is 7.77. The SMILES string of the molecule is C[C@@H]1Nc2nc(Cl)nc(n2)NCCC[C@H](C(N)=O)NC(=O)[C@H](Cc2ccccc2)NC1=O. The number of halogens is 1. The molecule has 0 aliphatic carbocycles. The molecule has 32 heavy (non-hydrogen) atoms. The van der Waals surface area contributed by atoms with Gasteiger partial charge in [-0.05, 0) is 36.9 Å². The summed E-state index contributed by atoms with van der Waals surface area (Å²) in [6.45, 7) is 2.00. The predicted octanol–water partition coefficient (Wildman–Crippen LogP) is 0.229. The molecule has 0 fully saturated rings. The number of benzene rings is 1. The summed E-state index contributed by atoms with van der Waals surface area (Å²) in [6.07, 6.45) is 1.02. The fraction of sp³-hybridized carbons (Fsp3) is 0.400. The molecule has 0 unspecified atom stereocenters. The summed E-state index contributed by atoms with van der Waals surface area (Å²) < 4.78 is 0. The van der Waals surface area contributed by atoms with Crippen molar-refractivity contribution < 1.29 is 14.4 Å². The van der Waals surface area contributed by atoms with Gasteiger partial charge in [0.1, 0.15) is 18.1 Å². The Morgan fingerprint density at radius 2 is 1.78 bits per heavy atom. The Bertz CT molecular complexity index is 975. The van der Waals surface area contributed by atoms with Crippen molar-refractivity contribution in [2.24, 2.45) is 5.73 Å². The molecule has 2 aromatic rings. The Balaban J connectivity index is 1.87. The average Bonchev–Trinajstić information content (AvgIpc) is 2.75. The maximum Gasteiger partial charge on any atom is 0.243 e. The highest BCUT2D eigenvalue weighted by molar-refractivity contribution is 6.28.